The van der Waals surface area contributed by atoms with Gasteiger partial charge in [0.05, 0.1) is 0 Å². The van der Waals surface area contributed by atoms with Crippen molar-refractivity contribution in [1.29, 1.82) is 0 Å². The Morgan fingerprint density at radius 1 is 0.313 bits per heavy atom. The van der Waals surface area contributed by atoms with Crippen LogP contribution in [0.1, 0.15) is 316 Å². The number of rotatable bonds is 54. The van der Waals surface area contributed by atoms with Crippen LogP contribution in [0, 0.1) is 0 Å². The van der Waals surface area contributed by atoms with Gasteiger partial charge in [-0.1, -0.05) is 295 Å². The van der Waals surface area contributed by atoms with E-state index in [9.17, 15) is 14.4 Å². The monoisotopic (exact) mass is 941 g/mol. The summed E-state index contributed by atoms with van der Waals surface area (Å²) >= 11 is 0. The van der Waals surface area contributed by atoms with E-state index in [1.165, 1.54) is 193 Å². The second-order valence-electron chi connectivity index (χ2n) is 20.0. The van der Waals surface area contributed by atoms with Crippen LogP contribution in [0.5, 0.6) is 0 Å². The van der Waals surface area contributed by atoms with E-state index in [0.29, 0.717) is 19.3 Å². The zero-order valence-electron chi connectivity index (χ0n) is 44.9. The summed E-state index contributed by atoms with van der Waals surface area (Å²) in [6.07, 6.45) is 67.1. The number of hydrogen-bond acceptors (Lipinski definition) is 6. The highest BCUT2D eigenvalue weighted by molar-refractivity contribution is 5.71. The van der Waals surface area contributed by atoms with Crippen LogP contribution < -0.4 is 0 Å². The fraction of sp³-hybridized carbons (Fsp3) is 0.852. The highest BCUT2D eigenvalue weighted by atomic mass is 16.6. The Bertz CT molecular complexity index is 1130. The van der Waals surface area contributed by atoms with Crippen LogP contribution >= 0.6 is 0 Å². The van der Waals surface area contributed by atoms with Crippen LogP contribution in [0.3, 0.4) is 0 Å². The highest BCUT2D eigenvalue weighted by Gasteiger charge is 2.19. The molecule has 0 saturated heterocycles. The summed E-state index contributed by atoms with van der Waals surface area (Å²) in [7, 11) is 0. The number of unbranched alkanes of at least 4 members (excludes halogenated alkanes) is 39. The quantitative estimate of drug-likeness (QED) is 0.0262. The molecule has 1 atom stereocenters. The molecule has 392 valence electrons. The molecule has 6 nitrogen and oxygen atoms in total. The molecule has 0 saturated carbocycles. The largest absolute Gasteiger partial charge is 0.462 e. The van der Waals surface area contributed by atoms with Crippen LogP contribution in [0.4, 0.5) is 0 Å². The Kier molecular flexibility index (Phi) is 54.2. The van der Waals surface area contributed by atoms with Gasteiger partial charge >= 0.3 is 17.9 Å². The van der Waals surface area contributed by atoms with Crippen LogP contribution in [-0.2, 0) is 28.6 Å². The van der Waals surface area contributed by atoms with Crippen molar-refractivity contribution in [2.75, 3.05) is 13.2 Å². The normalized spacial score (nSPS) is 12.2. The molecule has 0 aliphatic rings. The number of ether oxygens (including phenoxy) is 3. The predicted octanol–water partition coefficient (Wildman–Crippen LogP) is 19.7. The summed E-state index contributed by atoms with van der Waals surface area (Å²) in [5.41, 5.74) is 0. The van der Waals surface area contributed by atoms with Gasteiger partial charge in [-0.3, -0.25) is 14.4 Å². The van der Waals surface area contributed by atoms with Gasteiger partial charge in [0.15, 0.2) is 6.10 Å². The summed E-state index contributed by atoms with van der Waals surface area (Å²) in [5.74, 6) is -0.874. The lowest BCUT2D eigenvalue weighted by Gasteiger charge is -2.18. The molecule has 0 N–H and O–H groups in total. The Balaban J connectivity index is 4.31. The zero-order chi connectivity index (χ0) is 48.6. The molecule has 67 heavy (non-hydrogen) atoms. The Morgan fingerprint density at radius 3 is 0.896 bits per heavy atom. The van der Waals surface area contributed by atoms with E-state index in [4.69, 9.17) is 14.2 Å². The smallest absolute Gasteiger partial charge is 0.306 e. The maximum Gasteiger partial charge on any atom is 0.306 e. The van der Waals surface area contributed by atoms with Gasteiger partial charge in [0.2, 0.25) is 0 Å². The molecule has 0 aliphatic carbocycles. The van der Waals surface area contributed by atoms with E-state index in [2.05, 4.69) is 57.2 Å². The first-order valence-electron chi connectivity index (χ1n) is 29.5. The van der Waals surface area contributed by atoms with Gasteiger partial charge < -0.3 is 14.2 Å². The minimum atomic E-state index is -0.776. The van der Waals surface area contributed by atoms with E-state index < -0.39 is 6.10 Å². The standard InChI is InChI=1S/C61H112O6/c1-4-7-10-13-16-19-22-25-27-29-31-33-36-39-42-45-48-51-54-60(63)66-57-58(56-65-59(62)53-50-47-44-41-38-35-24-21-18-15-12-9-6-3)67-61(64)55-52-49-46-43-40-37-34-32-30-28-26-23-20-17-14-11-8-5-2/h9,12,15,18,21,24,58H,4-8,10-11,13-14,16-17,19-20,22-23,25-57H2,1-3H3/b12-9-,18-15-,24-21-. The molecule has 1 unspecified atom stereocenters. The lowest BCUT2D eigenvalue weighted by Crippen LogP contribution is -2.30. The van der Waals surface area contributed by atoms with Crippen molar-refractivity contribution >= 4 is 17.9 Å². The topological polar surface area (TPSA) is 78.9 Å². The van der Waals surface area contributed by atoms with Crippen molar-refractivity contribution in [2.45, 2.75) is 322 Å². The second-order valence-corrected chi connectivity index (χ2v) is 20.0. The van der Waals surface area contributed by atoms with E-state index in [1.54, 1.807) is 0 Å². The lowest BCUT2D eigenvalue weighted by atomic mass is 10.0. The van der Waals surface area contributed by atoms with Gasteiger partial charge in [0, 0.05) is 19.3 Å². The molecule has 6 heteroatoms. The molecule has 0 aromatic heterocycles. The first-order chi connectivity index (χ1) is 33.0. The first-order valence-corrected chi connectivity index (χ1v) is 29.5. The van der Waals surface area contributed by atoms with E-state index in [-0.39, 0.29) is 31.1 Å². The van der Waals surface area contributed by atoms with Crippen molar-refractivity contribution in [3.8, 4) is 0 Å². The zero-order valence-corrected chi connectivity index (χ0v) is 44.9. The molecule has 0 radical (unpaired) electrons. The van der Waals surface area contributed by atoms with Crippen molar-refractivity contribution < 1.29 is 28.6 Å². The van der Waals surface area contributed by atoms with Crippen LogP contribution in [0.15, 0.2) is 36.5 Å². The fourth-order valence-electron chi connectivity index (χ4n) is 8.80. The summed E-state index contributed by atoms with van der Waals surface area (Å²) in [5, 5.41) is 0. The third kappa shape index (κ3) is 54.4. The van der Waals surface area contributed by atoms with E-state index >= 15 is 0 Å². The molecule has 0 aromatic carbocycles. The van der Waals surface area contributed by atoms with Gasteiger partial charge in [0.1, 0.15) is 13.2 Å². The van der Waals surface area contributed by atoms with Crippen LogP contribution in [-0.4, -0.2) is 37.2 Å². The van der Waals surface area contributed by atoms with Crippen LogP contribution in [0.25, 0.3) is 0 Å². The van der Waals surface area contributed by atoms with Crippen molar-refractivity contribution in [1.82, 2.24) is 0 Å². The van der Waals surface area contributed by atoms with Gasteiger partial charge in [-0.25, -0.2) is 0 Å². The first kappa shape index (κ1) is 64.6. The predicted molar refractivity (Wildman–Crippen MR) is 289 cm³/mol. The van der Waals surface area contributed by atoms with Gasteiger partial charge in [-0.05, 0) is 38.5 Å². The van der Waals surface area contributed by atoms with Crippen molar-refractivity contribution in [3.05, 3.63) is 36.5 Å². The lowest BCUT2D eigenvalue weighted by molar-refractivity contribution is -0.167. The van der Waals surface area contributed by atoms with E-state index in [0.717, 1.165) is 83.5 Å². The third-order valence-corrected chi connectivity index (χ3v) is 13.2. The minimum Gasteiger partial charge on any atom is -0.462 e. The summed E-state index contributed by atoms with van der Waals surface area (Å²) < 4.78 is 16.9. The van der Waals surface area contributed by atoms with Crippen molar-refractivity contribution in [3.63, 3.8) is 0 Å². The molecule has 0 amide bonds. The Morgan fingerprint density at radius 2 is 0.582 bits per heavy atom. The average molecular weight is 942 g/mol. The number of carbonyl (C=O) groups is 3. The Hall–Kier alpha value is -2.37. The number of esters is 3. The molecule has 0 rings (SSSR count). The Labute approximate surface area is 416 Å². The summed E-state index contributed by atoms with van der Waals surface area (Å²) in [6, 6.07) is 0. The SMILES string of the molecule is CC\C=C/C=C\C=C/CCCCCCCC(=O)OCC(COC(=O)CCCCCCCCCCCCCCCCCCCC)OC(=O)CCCCCCCCCCCCCCCCCCCC. The van der Waals surface area contributed by atoms with Gasteiger partial charge in [0.25, 0.3) is 0 Å². The third-order valence-electron chi connectivity index (χ3n) is 13.2. The second kappa shape index (κ2) is 56.2. The average Bonchev–Trinajstić information content (AvgIpc) is 3.33. The molecule has 0 fully saturated rings. The van der Waals surface area contributed by atoms with Crippen molar-refractivity contribution in [2.24, 2.45) is 0 Å². The van der Waals surface area contributed by atoms with Gasteiger partial charge in [-0.15, -0.1) is 0 Å². The molecular formula is C61H112O6. The van der Waals surface area contributed by atoms with E-state index in [1.807, 2.05) is 0 Å². The minimum absolute atomic E-state index is 0.0737. The van der Waals surface area contributed by atoms with Gasteiger partial charge in [-0.2, -0.15) is 0 Å². The summed E-state index contributed by atoms with van der Waals surface area (Å²) in [6.45, 7) is 6.54. The maximum absolute atomic E-state index is 12.9. The molecule has 0 aliphatic heterocycles. The molecule has 0 spiro atoms. The summed E-state index contributed by atoms with van der Waals surface area (Å²) in [4.78, 5) is 38.2. The molecular weight excluding hydrogens is 829 g/mol. The molecule has 0 bridgehead atoms. The number of hydrogen-bond donors (Lipinski definition) is 0. The molecule has 0 aromatic rings. The molecule has 0 heterocycles. The van der Waals surface area contributed by atoms with Crippen LogP contribution in [0.2, 0.25) is 0 Å². The maximum atomic E-state index is 12.9. The number of allylic oxidation sites excluding steroid dienone is 6. The fourth-order valence-corrected chi connectivity index (χ4v) is 8.80. The highest BCUT2D eigenvalue weighted by Crippen LogP contribution is 2.17. The number of carbonyl (C=O) groups excluding carboxylic acids is 3.